The van der Waals surface area contributed by atoms with Crippen molar-refractivity contribution in [3.8, 4) is 0 Å². The monoisotopic (exact) mass is 375 g/mol. The third-order valence-electron chi connectivity index (χ3n) is 5.22. The minimum atomic E-state index is -4.24. The highest BCUT2D eigenvalue weighted by Gasteiger charge is 2.47. The van der Waals surface area contributed by atoms with Crippen molar-refractivity contribution in [1.82, 2.24) is 4.31 Å². The van der Waals surface area contributed by atoms with Crippen molar-refractivity contribution in [3.05, 3.63) is 35.9 Å². The Morgan fingerprint density at radius 1 is 1.00 bits per heavy atom. The fourth-order valence-electron chi connectivity index (χ4n) is 3.78. The Kier molecular flexibility index (Phi) is 4.83. The summed E-state index contributed by atoms with van der Waals surface area (Å²) in [4.78, 5) is 12.6. The Morgan fingerprint density at radius 2 is 1.60 bits per heavy atom. The molecule has 3 rings (SSSR count). The van der Waals surface area contributed by atoms with Crippen LogP contribution in [0.5, 0.6) is 0 Å². The summed E-state index contributed by atoms with van der Waals surface area (Å²) < 4.78 is 64.6. The second kappa shape index (κ2) is 6.63. The molecule has 0 aromatic heterocycles. The maximum Gasteiger partial charge on any atom is 0.391 e. The molecule has 1 saturated heterocycles. The molecule has 1 heterocycles. The Bertz CT molecular complexity index is 725. The highest BCUT2D eigenvalue weighted by Crippen LogP contribution is 2.42. The van der Waals surface area contributed by atoms with Gasteiger partial charge in [0, 0.05) is 12.5 Å². The number of hydrogen-bond acceptors (Lipinski definition) is 3. The fraction of sp³-hybridized carbons (Fsp3) is 0.588. The third kappa shape index (κ3) is 3.54. The first-order valence-corrected chi connectivity index (χ1v) is 9.88. The SMILES string of the molecule is O=C(C1CCC(C(F)(F)F)CC1)N1CCC(c2ccccc2)S1(=O)=O. The molecule has 138 valence electrons. The highest BCUT2D eigenvalue weighted by atomic mass is 32.2. The second-order valence-electron chi connectivity index (χ2n) is 6.73. The zero-order valence-electron chi connectivity index (χ0n) is 13.6. The number of hydrogen-bond donors (Lipinski definition) is 0. The van der Waals surface area contributed by atoms with Crippen molar-refractivity contribution in [2.24, 2.45) is 11.8 Å². The predicted molar refractivity (Wildman–Crippen MR) is 85.9 cm³/mol. The molecule has 1 aliphatic heterocycles. The van der Waals surface area contributed by atoms with Crippen LogP contribution in [0, 0.1) is 11.8 Å². The molecule has 1 unspecified atom stereocenters. The van der Waals surface area contributed by atoms with Gasteiger partial charge in [-0.25, -0.2) is 12.7 Å². The lowest BCUT2D eigenvalue weighted by molar-refractivity contribution is -0.185. The van der Waals surface area contributed by atoms with Gasteiger partial charge in [-0.05, 0) is 37.7 Å². The first-order valence-electron chi connectivity index (χ1n) is 8.38. The average Bonchev–Trinajstić information content (AvgIpc) is 2.89. The average molecular weight is 375 g/mol. The van der Waals surface area contributed by atoms with Crippen molar-refractivity contribution in [3.63, 3.8) is 0 Å². The van der Waals surface area contributed by atoms with Gasteiger partial charge in [-0.15, -0.1) is 0 Å². The zero-order valence-corrected chi connectivity index (χ0v) is 14.4. The molecule has 1 atom stereocenters. The molecule has 1 aliphatic carbocycles. The van der Waals surface area contributed by atoms with Gasteiger partial charge in [0.05, 0.1) is 5.92 Å². The van der Waals surface area contributed by atoms with Crippen molar-refractivity contribution >= 4 is 15.9 Å². The topological polar surface area (TPSA) is 54.5 Å². The van der Waals surface area contributed by atoms with E-state index < -0.39 is 39.2 Å². The summed E-state index contributed by atoms with van der Waals surface area (Å²) in [5.74, 6) is -2.56. The number of nitrogens with zero attached hydrogens (tertiary/aromatic N) is 1. The van der Waals surface area contributed by atoms with Gasteiger partial charge in [-0.2, -0.15) is 13.2 Å². The van der Waals surface area contributed by atoms with Crippen molar-refractivity contribution in [2.45, 2.75) is 43.5 Å². The number of halogens is 3. The van der Waals surface area contributed by atoms with Gasteiger partial charge >= 0.3 is 6.18 Å². The van der Waals surface area contributed by atoms with Gasteiger partial charge in [-0.3, -0.25) is 4.79 Å². The van der Waals surface area contributed by atoms with E-state index in [1.807, 2.05) is 0 Å². The van der Waals surface area contributed by atoms with E-state index in [0.29, 0.717) is 12.0 Å². The molecule has 2 fully saturated rings. The van der Waals surface area contributed by atoms with Crippen LogP contribution in [0.2, 0.25) is 0 Å². The maximum absolute atomic E-state index is 12.7. The highest BCUT2D eigenvalue weighted by molar-refractivity contribution is 7.90. The number of carbonyl (C=O) groups is 1. The molecule has 4 nitrogen and oxygen atoms in total. The van der Waals surface area contributed by atoms with Gasteiger partial charge in [0.2, 0.25) is 15.9 Å². The summed E-state index contributed by atoms with van der Waals surface area (Å²) in [7, 11) is -3.81. The van der Waals surface area contributed by atoms with Crippen LogP contribution in [0.1, 0.15) is 42.9 Å². The van der Waals surface area contributed by atoms with Crippen molar-refractivity contribution < 1.29 is 26.4 Å². The third-order valence-corrected chi connectivity index (χ3v) is 7.42. The van der Waals surface area contributed by atoms with E-state index in [2.05, 4.69) is 0 Å². The van der Waals surface area contributed by atoms with E-state index in [4.69, 9.17) is 0 Å². The molecule has 2 aliphatic rings. The summed E-state index contributed by atoms with van der Waals surface area (Å²) in [6.45, 7) is 0.0971. The van der Waals surface area contributed by atoms with Crippen LogP contribution in [0.4, 0.5) is 13.2 Å². The lowest BCUT2D eigenvalue weighted by atomic mass is 9.81. The number of alkyl halides is 3. The smallest absolute Gasteiger partial charge is 0.273 e. The molecule has 0 spiro atoms. The van der Waals surface area contributed by atoms with Crippen LogP contribution in [0.3, 0.4) is 0 Å². The van der Waals surface area contributed by atoms with E-state index in [-0.39, 0.29) is 32.2 Å². The summed E-state index contributed by atoms with van der Waals surface area (Å²) in [6, 6.07) is 8.70. The van der Waals surface area contributed by atoms with Crippen molar-refractivity contribution in [1.29, 1.82) is 0 Å². The molecule has 0 bridgehead atoms. The molecule has 0 radical (unpaired) electrons. The second-order valence-corrected chi connectivity index (χ2v) is 8.77. The van der Waals surface area contributed by atoms with Crippen LogP contribution in [0.25, 0.3) is 0 Å². The van der Waals surface area contributed by atoms with E-state index in [9.17, 15) is 26.4 Å². The number of sulfonamides is 1. The number of benzene rings is 1. The van der Waals surface area contributed by atoms with Gasteiger partial charge in [0.1, 0.15) is 5.25 Å². The Hall–Kier alpha value is -1.57. The zero-order chi connectivity index (χ0) is 18.2. The summed E-state index contributed by atoms with van der Waals surface area (Å²) in [5, 5.41) is -0.760. The van der Waals surface area contributed by atoms with Gasteiger partial charge < -0.3 is 0 Å². The molecule has 8 heteroatoms. The molecule has 1 aromatic rings. The molecule has 25 heavy (non-hydrogen) atoms. The fourth-order valence-corrected chi connectivity index (χ4v) is 5.75. The maximum atomic E-state index is 12.7. The molecule has 1 saturated carbocycles. The number of carbonyl (C=O) groups excluding carboxylic acids is 1. The molecule has 0 N–H and O–H groups in total. The molecule has 1 amide bonds. The normalized spacial score (nSPS) is 29.6. The molecular weight excluding hydrogens is 355 g/mol. The van der Waals surface area contributed by atoms with Gasteiger partial charge in [0.25, 0.3) is 0 Å². The summed E-state index contributed by atoms with van der Waals surface area (Å²) >= 11 is 0. The number of amides is 1. The van der Waals surface area contributed by atoms with Crippen molar-refractivity contribution in [2.75, 3.05) is 6.54 Å². The number of rotatable bonds is 2. The van der Waals surface area contributed by atoms with Crippen LogP contribution >= 0.6 is 0 Å². The quantitative estimate of drug-likeness (QED) is 0.793. The molecule has 1 aromatic carbocycles. The minimum absolute atomic E-state index is 0.0883. The van der Waals surface area contributed by atoms with Crippen LogP contribution < -0.4 is 0 Å². The Morgan fingerprint density at radius 3 is 2.16 bits per heavy atom. The van der Waals surface area contributed by atoms with E-state index in [0.717, 1.165) is 4.31 Å². The first-order chi connectivity index (χ1) is 11.7. The van der Waals surface area contributed by atoms with Gasteiger partial charge in [0.15, 0.2) is 0 Å². The van der Waals surface area contributed by atoms with Crippen LogP contribution in [-0.2, 0) is 14.8 Å². The van der Waals surface area contributed by atoms with E-state index >= 15 is 0 Å². The first kappa shape index (κ1) is 18.2. The van der Waals surface area contributed by atoms with E-state index in [1.54, 1.807) is 30.3 Å². The lowest BCUT2D eigenvalue weighted by Crippen LogP contribution is -2.40. The van der Waals surface area contributed by atoms with Crippen LogP contribution in [-0.4, -0.2) is 31.4 Å². The van der Waals surface area contributed by atoms with Crippen LogP contribution in [0.15, 0.2) is 30.3 Å². The molecular formula is C17H20F3NO3S. The van der Waals surface area contributed by atoms with Gasteiger partial charge in [-0.1, -0.05) is 30.3 Å². The minimum Gasteiger partial charge on any atom is -0.273 e. The Labute approximate surface area is 145 Å². The Balaban J connectivity index is 1.70. The predicted octanol–water partition coefficient (Wildman–Crippen LogP) is 3.66. The largest absolute Gasteiger partial charge is 0.391 e. The summed E-state index contributed by atoms with van der Waals surface area (Å²) in [6.07, 6.45) is -3.98. The standard InChI is InChI=1S/C17H20F3NO3S/c18-17(19,20)14-8-6-13(7-9-14)16(22)21-11-10-15(25(21,23)24)12-4-2-1-3-5-12/h1-5,13-15H,6-11H2. The van der Waals surface area contributed by atoms with E-state index in [1.165, 1.54) is 0 Å². The summed E-state index contributed by atoms with van der Waals surface area (Å²) in [5.41, 5.74) is 0.638. The lowest BCUT2D eigenvalue weighted by Gasteiger charge is -2.31.